The first-order valence-electron chi connectivity index (χ1n) is 7.40. The molecule has 2 fully saturated rings. The number of amides is 1. The highest BCUT2D eigenvalue weighted by Crippen LogP contribution is 2.14. The van der Waals surface area contributed by atoms with Crippen LogP contribution in [0.25, 0.3) is 0 Å². The van der Waals surface area contributed by atoms with Crippen molar-refractivity contribution in [3.05, 3.63) is 17.5 Å². The molecule has 1 aromatic heterocycles. The van der Waals surface area contributed by atoms with Crippen molar-refractivity contribution < 1.29 is 4.79 Å². The Morgan fingerprint density at radius 3 is 2.57 bits per heavy atom. The Labute approximate surface area is 131 Å². The van der Waals surface area contributed by atoms with Crippen LogP contribution in [-0.2, 0) is 7.05 Å². The Morgan fingerprint density at radius 2 is 2.05 bits per heavy atom. The number of nitrogens with one attached hydrogen (secondary N) is 1. The molecule has 6 nitrogen and oxygen atoms in total. The zero-order chi connectivity index (χ0) is 14.1. The molecule has 3 rings (SSSR count). The number of carbonyl (C=O) groups excluding carboxylic acids is 1. The van der Waals surface area contributed by atoms with Crippen LogP contribution in [-0.4, -0.2) is 70.8 Å². The van der Waals surface area contributed by atoms with Crippen molar-refractivity contribution in [2.45, 2.75) is 19.4 Å². The summed E-state index contributed by atoms with van der Waals surface area (Å²) in [5, 5.41) is 7.66. The molecule has 0 spiro atoms. The van der Waals surface area contributed by atoms with E-state index in [9.17, 15) is 4.79 Å². The first-order chi connectivity index (χ1) is 9.65. The fourth-order valence-electron chi connectivity index (χ4n) is 3.21. The lowest BCUT2D eigenvalue weighted by molar-refractivity contribution is 0.0573. The first-order valence-corrected chi connectivity index (χ1v) is 7.40. The van der Waals surface area contributed by atoms with E-state index in [1.165, 1.54) is 6.42 Å². The van der Waals surface area contributed by atoms with E-state index in [1.54, 1.807) is 4.68 Å². The summed E-state index contributed by atoms with van der Waals surface area (Å²) in [6.07, 6.45) is 1.23. The molecule has 0 bridgehead atoms. The van der Waals surface area contributed by atoms with E-state index in [4.69, 9.17) is 0 Å². The SMILES string of the molecule is Cc1cc(C(=O)N2CCN(C3CCNC3)CC2)n(C)n1.Cl. The topological polar surface area (TPSA) is 53.4 Å². The number of hydrogen-bond donors (Lipinski definition) is 1. The Hall–Kier alpha value is -1.11. The molecule has 0 saturated carbocycles. The standard InChI is InChI=1S/C14H23N5O.ClH/c1-11-9-13(17(2)16-11)14(20)19-7-5-18(6-8-19)12-3-4-15-10-12;/h9,12,15H,3-8,10H2,1-2H3;1H. The lowest BCUT2D eigenvalue weighted by atomic mass is 10.2. The summed E-state index contributed by atoms with van der Waals surface area (Å²) >= 11 is 0. The van der Waals surface area contributed by atoms with Gasteiger partial charge in [-0.1, -0.05) is 0 Å². The molecule has 3 heterocycles. The monoisotopic (exact) mass is 313 g/mol. The van der Waals surface area contributed by atoms with Gasteiger partial charge >= 0.3 is 0 Å². The number of hydrogen-bond acceptors (Lipinski definition) is 4. The molecule has 2 aliphatic rings. The molecule has 2 saturated heterocycles. The summed E-state index contributed by atoms with van der Waals surface area (Å²) < 4.78 is 1.69. The molecule has 1 atom stereocenters. The minimum atomic E-state index is 0. The molecular formula is C14H24ClN5O. The molecule has 1 N–H and O–H groups in total. The van der Waals surface area contributed by atoms with Gasteiger partial charge in [0.15, 0.2) is 0 Å². The third-order valence-corrected chi connectivity index (χ3v) is 4.37. The minimum absolute atomic E-state index is 0. The van der Waals surface area contributed by atoms with Crippen LogP contribution < -0.4 is 5.32 Å². The second kappa shape index (κ2) is 6.77. The van der Waals surface area contributed by atoms with Crippen LogP contribution in [0.1, 0.15) is 22.6 Å². The van der Waals surface area contributed by atoms with E-state index in [0.717, 1.165) is 45.0 Å². The Balaban J connectivity index is 0.00000161. The molecule has 0 aromatic carbocycles. The molecule has 1 aromatic rings. The van der Waals surface area contributed by atoms with Crippen molar-refractivity contribution in [1.29, 1.82) is 0 Å². The molecular weight excluding hydrogens is 290 g/mol. The summed E-state index contributed by atoms with van der Waals surface area (Å²) in [6, 6.07) is 2.53. The van der Waals surface area contributed by atoms with Gasteiger partial charge in [0, 0.05) is 45.8 Å². The van der Waals surface area contributed by atoms with Gasteiger partial charge in [0.1, 0.15) is 5.69 Å². The summed E-state index contributed by atoms with van der Waals surface area (Å²) in [5.74, 6) is 0.109. The highest BCUT2D eigenvalue weighted by atomic mass is 35.5. The number of aryl methyl sites for hydroxylation is 2. The van der Waals surface area contributed by atoms with Crippen LogP contribution in [0.15, 0.2) is 6.07 Å². The summed E-state index contributed by atoms with van der Waals surface area (Å²) in [7, 11) is 1.83. The fraction of sp³-hybridized carbons (Fsp3) is 0.714. The molecule has 7 heteroatoms. The van der Waals surface area contributed by atoms with Crippen LogP contribution in [0.3, 0.4) is 0 Å². The Morgan fingerprint density at radius 1 is 1.33 bits per heavy atom. The largest absolute Gasteiger partial charge is 0.335 e. The van der Waals surface area contributed by atoms with E-state index in [0.29, 0.717) is 11.7 Å². The molecule has 0 radical (unpaired) electrons. The third kappa shape index (κ3) is 3.39. The summed E-state index contributed by atoms with van der Waals surface area (Å²) in [4.78, 5) is 17.0. The second-order valence-electron chi connectivity index (χ2n) is 5.77. The smallest absolute Gasteiger partial charge is 0.272 e. The van der Waals surface area contributed by atoms with E-state index in [-0.39, 0.29) is 18.3 Å². The minimum Gasteiger partial charge on any atom is -0.335 e. The van der Waals surface area contributed by atoms with Crippen LogP contribution in [0.5, 0.6) is 0 Å². The van der Waals surface area contributed by atoms with E-state index in [2.05, 4.69) is 15.3 Å². The zero-order valence-electron chi connectivity index (χ0n) is 12.7. The van der Waals surface area contributed by atoms with Crippen LogP contribution in [0.2, 0.25) is 0 Å². The van der Waals surface area contributed by atoms with Gasteiger partial charge in [0.25, 0.3) is 5.91 Å². The number of piperazine rings is 1. The lowest BCUT2D eigenvalue weighted by Gasteiger charge is -2.37. The fourth-order valence-corrected chi connectivity index (χ4v) is 3.21. The highest BCUT2D eigenvalue weighted by molar-refractivity contribution is 5.92. The quantitative estimate of drug-likeness (QED) is 0.851. The molecule has 1 amide bonds. The van der Waals surface area contributed by atoms with Crippen molar-refractivity contribution >= 4 is 18.3 Å². The predicted molar refractivity (Wildman–Crippen MR) is 83.9 cm³/mol. The normalized spacial score (nSPS) is 23.1. The van der Waals surface area contributed by atoms with Crippen molar-refractivity contribution in [2.75, 3.05) is 39.3 Å². The first kappa shape index (κ1) is 16.3. The number of halogens is 1. The molecule has 118 valence electrons. The highest BCUT2D eigenvalue weighted by Gasteiger charge is 2.29. The summed E-state index contributed by atoms with van der Waals surface area (Å²) in [6.45, 7) is 7.73. The molecule has 2 aliphatic heterocycles. The van der Waals surface area contributed by atoms with Gasteiger partial charge in [0.2, 0.25) is 0 Å². The number of rotatable bonds is 2. The van der Waals surface area contributed by atoms with Gasteiger partial charge in [-0.05, 0) is 26.0 Å². The maximum Gasteiger partial charge on any atom is 0.272 e. The number of carbonyl (C=O) groups is 1. The zero-order valence-corrected chi connectivity index (χ0v) is 13.5. The Bertz CT molecular complexity index is 490. The van der Waals surface area contributed by atoms with Gasteiger partial charge in [-0.15, -0.1) is 12.4 Å². The molecule has 1 unspecified atom stereocenters. The van der Waals surface area contributed by atoms with Crippen molar-refractivity contribution in [2.24, 2.45) is 7.05 Å². The van der Waals surface area contributed by atoms with Crippen molar-refractivity contribution in [1.82, 2.24) is 24.9 Å². The van der Waals surface area contributed by atoms with Gasteiger partial charge in [-0.2, -0.15) is 5.10 Å². The van der Waals surface area contributed by atoms with Crippen LogP contribution >= 0.6 is 12.4 Å². The maximum absolute atomic E-state index is 12.5. The van der Waals surface area contributed by atoms with E-state index in [1.807, 2.05) is 24.9 Å². The maximum atomic E-state index is 12.5. The number of nitrogens with zero attached hydrogens (tertiary/aromatic N) is 4. The van der Waals surface area contributed by atoms with Crippen molar-refractivity contribution in [3.8, 4) is 0 Å². The van der Waals surface area contributed by atoms with Crippen LogP contribution in [0.4, 0.5) is 0 Å². The average Bonchev–Trinajstić information content (AvgIpc) is 3.08. The Kier molecular flexibility index (Phi) is 5.24. The molecule has 21 heavy (non-hydrogen) atoms. The average molecular weight is 314 g/mol. The third-order valence-electron chi connectivity index (χ3n) is 4.37. The number of aromatic nitrogens is 2. The van der Waals surface area contributed by atoms with Crippen LogP contribution in [0, 0.1) is 6.92 Å². The van der Waals surface area contributed by atoms with Gasteiger partial charge in [0.05, 0.1) is 5.69 Å². The lowest BCUT2D eigenvalue weighted by Crippen LogP contribution is -2.52. The van der Waals surface area contributed by atoms with Gasteiger partial charge in [-0.3, -0.25) is 14.4 Å². The summed E-state index contributed by atoms with van der Waals surface area (Å²) in [5.41, 5.74) is 1.59. The van der Waals surface area contributed by atoms with Gasteiger partial charge < -0.3 is 10.2 Å². The van der Waals surface area contributed by atoms with E-state index < -0.39 is 0 Å². The molecule has 0 aliphatic carbocycles. The van der Waals surface area contributed by atoms with Gasteiger partial charge in [-0.25, -0.2) is 0 Å². The van der Waals surface area contributed by atoms with E-state index >= 15 is 0 Å². The predicted octanol–water partition coefficient (Wildman–Crippen LogP) is 0.270. The second-order valence-corrected chi connectivity index (χ2v) is 5.77. The van der Waals surface area contributed by atoms with Crippen molar-refractivity contribution in [3.63, 3.8) is 0 Å².